The van der Waals surface area contributed by atoms with Crippen molar-refractivity contribution in [1.29, 1.82) is 0 Å². The standard InChI is InChI=1S/C12H12Cl3NS2/c1-12(16-11(17)18,7-9(13)10(14)15)8-5-3-2-4-6-8/h2-6H,7H2,1H3,(H2,16,17,18). The first-order chi connectivity index (χ1) is 8.35. The fourth-order valence-corrected chi connectivity index (χ4v) is 2.51. The van der Waals surface area contributed by atoms with Crippen molar-refractivity contribution in [3.05, 3.63) is 45.4 Å². The topological polar surface area (TPSA) is 12.0 Å². The normalized spacial score (nSPS) is 13.6. The average Bonchev–Trinajstić information content (AvgIpc) is 2.28. The van der Waals surface area contributed by atoms with Crippen molar-refractivity contribution in [3.63, 3.8) is 0 Å². The SMILES string of the molecule is CC(CC(Cl)=C(Cl)Cl)(NC(=S)S)c1ccccc1. The predicted octanol–water partition coefficient (Wildman–Crippen LogP) is 4.98. The molecule has 0 aliphatic carbocycles. The van der Waals surface area contributed by atoms with Crippen LogP contribution in [0.3, 0.4) is 0 Å². The smallest absolute Gasteiger partial charge is 0.131 e. The molecule has 0 saturated heterocycles. The average molecular weight is 341 g/mol. The molecule has 0 aliphatic heterocycles. The van der Waals surface area contributed by atoms with Crippen molar-refractivity contribution >= 4 is 64.0 Å². The van der Waals surface area contributed by atoms with Gasteiger partial charge in [-0.1, -0.05) is 77.4 Å². The Bertz CT molecular complexity index is 458. The van der Waals surface area contributed by atoms with Gasteiger partial charge in [0.05, 0.1) is 10.6 Å². The number of halogens is 3. The second-order valence-electron chi connectivity index (χ2n) is 3.97. The molecule has 0 aromatic heterocycles. The van der Waals surface area contributed by atoms with Crippen LogP contribution in [-0.2, 0) is 5.54 Å². The summed E-state index contributed by atoms with van der Waals surface area (Å²) in [6.07, 6.45) is 0.418. The molecular formula is C12H12Cl3NS2. The molecule has 0 spiro atoms. The van der Waals surface area contributed by atoms with E-state index in [0.29, 0.717) is 15.8 Å². The molecule has 1 nitrogen and oxygen atoms in total. The van der Waals surface area contributed by atoms with E-state index in [1.54, 1.807) is 0 Å². The zero-order chi connectivity index (χ0) is 13.8. The molecular weight excluding hydrogens is 329 g/mol. The Balaban J connectivity index is 3.11. The van der Waals surface area contributed by atoms with Gasteiger partial charge in [-0.2, -0.15) is 0 Å². The van der Waals surface area contributed by atoms with E-state index < -0.39 is 5.54 Å². The largest absolute Gasteiger partial charge is 0.362 e. The summed E-state index contributed by atoms with van der Waals surface area (Å²) in [5.41, 5.74) is 0.515. The maximum Gasteiger partial charge on any atom is 0.131 e. The van der Waals surface area contributed by atoms with Crippen molar-refractivity contribution < 1.29 is 0 Å². The number of hydrogen-bond donors (Lipinski definition) is 2. The van der Waals surface area contributed by atoms with Crippen molar-refractivity contribution in [1.82, 2.24) is 5.32 Å². The Kier molecular flexibility index (Phi) is 6.28. The van der Waals surface area contributed by atoms with Gasteiger partial charge in [0, 0.05) is 6.42 Å². The van der Waals surface area contributed by atoms with Crippen LogP contribution in [0.25, 0.3) is 0 Å². The molecule has 0 aliphatic rings. The van der Waals surface area contributed by atoms with Crippen LogP contribution >= 0.6 is 59.6 Å². The molecule has 1 N–H and O–H groups in total. The molecule has 0 bridgehead atoms. The van der Waals surface area contributed by atoms with Crippen LogP contribution in [0.15, 0.2) is 39.9 Å². The van der Waals surface area contributed by atoms with E-state index >= 15 is 0 Å². The lowest BCUT2D eigenvalue weighted by atomic mass is 9.89. The van der Waals surface area contributed by atoms with Crippen molar-refractivity contribution in [2.75, 3.05) is 0 Å². The minimum absolute atomic E-state index is 0.0608. The second kappa shape index (κ2) is 7.01. The van der Waals surface area contributed by atoms with Crippen LogP contribution < -0.4 is 5.32 Å². The quantitative estimate of drug-likeness (QED) is 0.592. The lowest BCUT2D eigenvalue weighted by Crippen LogP contribution is -2.41. The molecule has 98 valence electrons. The lowest BCUT2D eigenvalue weighted by molar-refractivity contribution is 0.444. The van der Waals surface area contributed by atoms with E-state index in [0.717, 1.165) is 5.56 Å². The third kappa shape index (κ3) is 4.63. The number of thiol groups is 1. The van der Waals surface area contributed by atoms with Crippen LogP contribution in [0.4, 0.5) is 0 Å². The molecule has 0 amide bonds. The van der Waals surface area contributed by atoms with Gasteiger partial charge in [0.1, 0.15) is 8.81 Å². The maximum absolute atomic E-state index is 6.04. The first-order valence-corrected chi connectivity index (χ1v) is 7.10. The Labute approximate surface area is 133 Å². The predicted molar refractivity (Wildman–Crippen MR) is 87.7 cm³/mol. The summed E-state index contributed by atoms with van der Waals surface area (Å²) in [6, 6.07) is 9.78. The maximum atomic E-state index is 6.04. The van der Waals surface area contributed by atoms with Crippen molar-refractivity contribution in [2.45, 2.75) is 18.9 Å². The minimum Gasteiger partial charge on any atom is -0.362 e. The fourth-order valence-electron chi connectivity index (χ4n) is 1.64. The molecule has 0 saturated carbocycles. The van der Waals surface area contributed by atoms with Gasteiger partial charge in [-0.05, 0) is 12.5 Å². The molecule has 6 heteroatoms. The van der Waals surface area contributed by atoms with Gasteiger partial charge in [-0.15, -0.1) is 12.6 Å². The van der Waals surface area contributed by atoms with Gasteiger partial charge in [0.2, 0.25) is 0 Å². The Morgan fingerprint density at radius 3 is 2.28 bits per heavy atom. The van der Waals surface area contributed by atoms with E-state index in [4.69, 9.17) is 47.0 Å². The van der Waals surface area contributed by atoms with Crippen LogP contribution in [0, 0.1) is 0 Å². The third-order valence-electron chi connectivity index (χ3n) is 2.51. The van der Waals surface area contributed by atoms with Gasteiger partial charge >= 0.3 is 0 Å². The molecule has 0 radical (unpaired) electrons. The minimum atomic E-state index is -0.508. The van der Waals surface area contributed by atoms with E-state index in [1.165, 1.54) is 0 Å². The number of hydrogen-bond acceptors (Lipinski definition) is 1. The van der Waals surface area contributed by atoms with Crippen molar-refractivity contribution in [3.8, 4) is 0 Å². The number of benzene rings is 1. The summed E-state index contributed by atoms with van der Waals surface area (Å²) < 4.78 is 0.447. The summed E-state index contributed by atoms with van der Waals surface area (Å²) in [6.45, 7) is 1.96. The number of nitrogens with one attached hydrogen (secondary N) is 1. The zero-order valence-electron chi connectivity index (χ0n) is 9.58. The molecule has 1 aromatic rings. The Morgan fingerprint density at radius 2 is 1.83 bits per heavy atom. The van der Waals surface area contributed by atoms with Crippen molar-refractivity contribution in [2.24, 2.45) is 0 Å². The monoisotopic (exact) mass is 339 g/mol. The van der Waals surface area contributed by atoms with Gasteiger partial charge < -0.3 is 5.32 Å². The van der Waals surface area contributed by atoms with Crippen LogP contribution in [0.5, 0.6) is 0 Å². The first kappa shape index (κ1) is 16.1. The molecule has 1 atom stereocenters. The molecule has 1 unspecified atom stereocenters. The summed E-state index contributed by atoms with van der Waals surface area (Å²) in [7, 11) is 0. The second-order valence-corrected chi connectivity index (χ2v) is 6.53. The van der Waals surface area contributed by atoms with Gasteiger partial charge in [0.15, 0.2) is 0 Å². The van der Waals surface area contributed by atoms with Gasteiger partial charge in [-0.3, -0.25) is 0 Å². The Hall–Kier alpha value is 0.0700. The van der Waals surface area contributed by atoms with E-state index in [2.05, 4.69) is 17.9 Å². The van der Waals surface area contributed by atoms with Gasteiger partial charge in [0.25, 0.3) is 0 Å². The van der Waals surface area contributed by atoms with Crippen LogP contribution in [-0.4, -0.2) is 4.32 Å². The van der Waals surface area contributed by atoms with E-state index in [1.807, 2.05) is 37.3 Å². The van der Waals surface area contributed by atoms with Crippen LogP contribution in [0.2, 0.25) is 0 Å². The van der Waals surface area contributed by atoms with E-state index in [9.17, 15) is 0 Å². The first-order valence-electron chi connectivity index (χ1n) is 5.11. The highest BCUT2D eigenvalue weighted by Crippen LogP contribution is 2.33. The zero-order valence-corrected chi connectivity index (χ0v) is 13.6. The fraction of sp³-hybridized carbons (Fsp3) is 0.250. The highest BCUT2D eigenvalue weighted by Gasteiger charge is 2.28. The number of thiocarbonyl (C=S) groups is 1. The molecule has 18 heavy (non-hydrogen) atoms. The third-order valence-corrected chi connectivity index (χ3v) is 3.69. The highest BCUT2D eigenvalue weighted by molar-refractivity contribution is 8.11. The molecule has 1 aromatic carbocycles. The highest BCUT2D eigenvalue weighted by atomic mass is 35.5. The summed E-state index contributed by atoms with van der Waals surface area (Å²) in [4.78, 5) is 0. The summed E-state index contributed by atoms with van der Waals surface area (Å²) in [5, 5.41) is 3.49. The van der Waals surface area contributed by atoms with E-state index in [-0.39, 0.29) is 4.49 Å². The lowest BCUT2D eigenvalue weighted by Gasteiger charge is -2.31. The molecule has 0 fully saturated rings. The summed E-state index contributed by atoms with van der Waals surface area (Å²) >= 11 is 26.5. The van der Waals surface area contributed by atoms with Crippen LogP contribution in [0.1, 0.15) is 18.9 Å². The number of rotatable bonds is 4. The Morgan fingerprint density at radius 1 is 1.28 bits per heavy atom. The summed E-state index contributed by atoms with van der Waals surface area (Å²) in [5.74, 6) is 0. The molecule has 1 rings (SSSR count). The van der Waals surface area contributed by atoms with Gasteiger partial charge in [-0.25, -0.2) is 0 Å². The molecule has 0 heterocycles.